The van der Waals surface area contributed by atoms with Crippen LogP contribution in [0.15, 0.2) is 24.3 Å². The first-order valence-electron chi connectivity index (χ1n) is 9.05. The fourth-order valence-electron chi connectivity index (χ4n) is 4.08. The molecule has 3 rings (SSSR count). The normalized spacial score (nSPS) is 21.1. The van der Waals surface area contributed by atoms with E-state index >= 15 is 0 Å². The van der Waals surface area contributed by atoms with Crippen molar-refractivity contribution in [3.05, 3.63) is 34.9 Å². The van der Waals surface area contributed by atoms with Gasteiger partial charge in [0.25, 0.3) is 0 Å². The Morgan fingerprint density at radius 3 is 2.43 bits per heavy atom. The van der Waals surface area contributed by atoms with Crippen molar-refractivity contribution >= 4 is 17.6 Å². The van der Waals surface area contributed by atoms with Crippen molar-refractivity contribution in [2.24, 2.45) is 5.92 Å². The number of carbonyl (C=O) groups excluding carboxylic acids is 1. The molecule has 126 valence electrons. The number of halogens is 1. The lowest BCUT2D eigenvalue weighted by molar-refractivity contribution is 0.223. The Bertz CT molecular complexity index is 522. The third-order valence-electron chi connectivity index (χ3n) is 5.31. The van der Waals surface area contributed by atoms with Crippen LogP contribution in [0.4, 0.5) is 4.79 Å². The Morgan fingerprint density at radius 2 is 1.74 bits per heavy atom. The topological polar surface area (TPSA) is 41.1 Å². The van der Waals surface area contributed by atoms with E-state index in [1.54, 1.807) is 0 Å². The van der Waals surface area contributed by atoms with E-state index in [1.807, 2.05) is 18.2 Å². The van der Waals surface area contributed by atoms with Gasteiger partial charge in [-0.3, -0.25) is 0 Å². The van der Waals surface area contributed by atoms with Crippen molar-refractivity contribution in [1.29, 1.82) is 0 Å². The van der Waals surface area contributed by atoms with Crippen molar-refractivity contribution in [1.82, 2.24) is 10.6 Å². The van der Waals surface area contributed by atoms with E-state index < -0.39 is 0 Å². The molecule has 3 nitrogen and oxygen atoms in total. The van der Waals surface area contributed by atoms with Gasteiger partial charge < -0.3 is 10.6 Å². The molecule has 0 bridgehead atoms. The molecule has 4 heteroatoms. The average molecular weight is 335 g/mol. The summed E-state index contributed by atoms with van der Waals surface area (Å²) in [4.78, 5) is 12.5. The van der Waals surface area contributed by atoms with Crippen LogP contribution in [0.3, 0.4) is 0 Å². The summed E-state index contributed by atoms with van der Waals surface area (Å²) in [6.45, 7) is 0. The molecule has 2 aliphatic carbocycles. The lowest BCUT2D eigenvalue weighted by Gasteiger charge is -2.28. The van der Waals surface area contributed by atoms with Gasteiger partial charge in [-0.25, -0.2) is 4.79 Å². The molecular weight excluding hydrogens is 308 g/mol. The lowest BCUT2D eigenvalue weighted by Crippen LogP contribution is -2.45. The molecule has 0 radical (unpaired) electrons. The highest BCUT2D eigenvalue weighted by atomic mass is 35.5. The number of hydrogen-bond acceptors (Lipinski definition) is 1. The van der Waals surface area contributed by atoms with Crippen molar-refractivity contribution < 1.29 is 4.79 Å². The number of urea groups is 1. The summed E-state index contributed by atoms with van der Waals surface area (Å²) in [6, 6.07) is 8.32. The van der Waals surface area contributed by atoms with Crippen LogP contribution in [0.5, 0.6) is 0 Å². The van der Waals surface area contributed by atoms with Gasteiger partial charge in [-0.1, -0.05) is 55.8 Å². The molecule has 2 fully saturated rings. The molecule has 1 aromatic carbocycles. The Morgan fingerprint density at radius 1 is 1.04 bits per heavy atom. The van der Waals surface area contributed by atoms with Crippen LogP contribution >= 0.6 is 11.6 Å². The standard InChI is InChI=1S/C19H27ClN2O/c20-16-10-6-9-15(13-16)18(14-7-4-5-8-14)22-19(23)21-17-11-2-1-3-12-17/h6,9-10,13-14,17-18H,1-5,7-8,11-12H2,(H2,21,22,23). The molecular formula is C19H27ClN2O. The highest BCUT2D eigenvalue weighted by Gasteiger charge is 2.28. The predicted octanol–water partition coefficient (Wildman–Crippen LogP) is 5.20. The van der Waals surface area contributed by atoms with Gasteiger partial charge in [0, 0.05) is 11.1 Å². The average Bonchev–Trinajstić information content (AvgIpc) is 3.08. The molecule has 2 amide bonds. The Kier molecular flexibility index (Phi) is 5.82. The number of amides is 2. The summed E-state index contributed by atoms with van der Waals surface area (Å²) >= 11 is 6.16. The van der Waals surface area contributed by atoms with E-state index in [1.165, 1.54) is 44.9 Å². The Balaban J connectivity index is 1.66. The minimum Gasteiger partial charge on any atom is -0.335 e. The van der Waals surface area contributed by atoms with Gasteiger partial charge in [0.1, 0.15) is 0 Å². The second kappa shape index (κ2) is 8.05. The smallest absolute Gasteiger partial charge is 0.315 e. The van der Waals surface area contributed by atoms with Gasteiger partial charge in [-0.15, -0.1) is 0 Å². The van der Waals surface area contributed by atoms with Crippen molar-refractivity contribution in [3.63, 3.8) is 0 Å². The zero-order valence-corrected chi connectivity index (χ0v) is 14.4. The maximum atomic E-state index is 12.5. The predicted molar refractivity (Wildman–Crippen MR) is 94.7 cm³/mol. The minimum atomic E-state index is -0.0197. The second-order valence-corrected chi connectivity index (χ2v) is 7.47. The summed E-state index contributed by atoms with van der Waals surface area (Å²) in [5, 5.41) is 7.15. The SMILES string of the molecule is O=C(NC1CCCCC1)NC(c1cccc(Cl)c1)C1CCCC1. The molecule has 1 unspecified atom stereocenters. The minimum absolute atomic E-state index is 0.0197. The van der Waals surface area contributed by atoms with E-state index in [2.05, 4.69) is 16.7 Å². The highest BCUT2D eigenvalue weighted by molar-refractivity contribution is 6.30. The number of hydrogen-bond donors (Lipinski definition) is 2. The van der Waals surface area contributed by atoms with Crippen molar-refractivity contribution in [2.45, 2.75) is 69.9 Å². The highest BCUT2D eigenvalue weighted by Crippen LogP contribution is 2.36. The molecule has 0 aliphatic heterocycles. The molecule has 2 saturated carbocycles. The van der Waals surface area contributed by atoms with E-state index in [0.29, 0.717) is 12.0 Å². The van der Waals surface area contributed by atoms with Crippen LogP contribution in [0, 0.1) is 5.92 Å². The van der Waals surface area contributed by atoms with Gasteiger partial charge in [-0.05, 0) is 49.3 Å². The molecule has 0 heterocycles. The van der Waals surface area contributed by atoms with Gasteiger partial charge in [0.05, 0.1) is 6.04 Å². The van der Waals surface area contributed by atoms with Gasteiger partial charge in [-0.2, -0.15) is 0 Å². The molecule has 1 aromatic rings. The lowest BCUT2D eigenvalue weighted by atomic mass is 9.91. The van der Waals surface area contributed by atoms with Gasteiger partial charge in [0.15, 0.2) is 0 Å². The summed E-state index contributed by atoms with van der Waals surface area (Å²) in [7, 11) is 0. The monoisotopic (exact) mass is 334 g/mol. The number of rotatable bonds is 4. The first-order valence-corrected chi connectivity index (χ1v) is 9.42. The molecule has 0 saturated heterocycles. The summed E-state index contributed by atoms with van der Waals surface area (Å²) in [6.07, 6.45) is 10.9. The molecule has 2 aliphatic rings. The first-order chi connectivity index (χ1) is 11.2. The van der Waals surface area contributed by atoms with Crippen LogP contribution in [-0.2, 0) is 0 Å². The Hall–Kier alpha value is -1.22. The third kappa shape index (κ3) is 4.63. The maximum Gasteiger partial charge on any atom is 0.315 e. The fourth-order valence-corrected chi connectivity index (χ4v) is 4.28. The molecule has 0 aromatic heterocycles. The molecule has 1 atom stereocenters. The number of benzene rings is 1. The molecule has 0 spiro atoms. The first kappa shape index (κ1) is 16.6. The number of nitrogens with one attached hydrogen (secondary N) is 2. The van der Waals surface area contributed by atoms with Crippen LogP contribution in [0.25, 0.3) is 0 Å². The van der Waals surface area contributed by atoms with Crippen molar-refractivity contribution in [3.8, 4) is 0 Å². The zero-order chi connectivity index (χ0) is 16.1. The van der Waals surface area contributed by atoms with Crippen LogP contribution in [0.1, 0.15) is 69.4 Å². The summed E-state index contributed by atoms with van der Waals surface area (Å²) in [5.41, 5.74) is 1.13. The van der Waals surface area contributed by atoms with Gasteiger partial charge in [0.2, 0.25) is 0 Å². The van der Waals surface area contributed by atoms with Crippen LogP contribution in [0.2, 0.25) is 5.02 Å². The van der Waals surface area contributed by atoms with Crippen LogP contribution < -0.4 is 10.6 Å². The second-order valence-electron chi connectivity index (χ2n) is 7.03. The largest absolute Gasteiger partial charge is 0.335 e. The van der Waals surface area contributed by atoms with Crippen molar-refractivity contribution in [2.75, 3.05) is 0 Å². The third-order valence-corrected chi connectivity index (χ3v) is 5.54. The zero-order valence-electron chi connectivity index (χ0n) is 13.7. The van der Waals surface area contributed by atoms with E-state index in [-0.39, 0.29) is 12.1 Å². The number of carbonyl (C=O) groups is 1. The molecule has 23 heavy (non-hydrogen) atoms. The van der Waals surface area contributed by atoms with Crippen LogP contribution in [-0.4, -0.2) is 12.1 Å². The quantitative estimate of drug-likeness (QED) is 0.780. The summed E-state index contributed by atoms with van der Waals surface area (Å²) in [5.74, 6) is 0.519. The van der Waals surface area contributed by atoms with E-state index in [9.17, 15) is 4.79 Å². The van der Waals surface area contributed by atoms with E-state index in [0.717, 1.165) is 23.4 Å². The van der Waals surface area contributed by atoms with E-state index in [4.69, 9.17) is 11.6 Å². The Labute approximate surface area is 144 Å². The van der Waals surface area contributed by atoms with Gasteiger partial charge >= 0.3 is 6.03 Å². The fraction of sp³-hybridized carbons (Fsp3) is 0.632. The summed E-state index contributed by atoms with van der Waals surface area (Å²) < 4.78 is 0. The molecule has 2 N–H and O–H groups in total. The maximum absolute atomic E-state index is 12.5.